The standard InChI is InChI=1S/C5H4Cl2O3/c1-3(6)2-10-5(9)4(7)8/h1-2H2. The van der Waals surface area contributed by atoms with Crippen LogP contribution in [0.15, 0.2) is 11.6 Å². The van der Waals surface area contributed by atoms with Gasteiger partial charge in [-0.1, -0.05) is 18.2 Å². The lowest BCUT2D eigenvalue weighted by Gasteiger charge is -1.96. The van der Waals surface area contributed by atoms with Crippen molar-refractivity contribution in [2.24, 2.45) is 0 Å². The van der Waals surface area contributed by atoms with Gasteiger partial charge in [0.1, 0.15) is 6.61 Å². The molecule has 0 aliphatic heterocycles. The van der Waals surface area contributed by atoms with E-state index in [1.54, 1.807) is 0 Å². The summed E-state index contributed by atoms with van der Waals surface area (Å²) in [6, 6.07) is 0. The van der Waals surface area contributed by atoms with Crippen LogP contribution in [-0.4, -0.2) is 17.8 Å². The van der Waals surface area contributed by atoms with E-state index in [0.717, 1.165) is 0 Å². The van der Waals surface area contributed by atoms with Gasteiger partial charge in [0.15, 0.2) is 0 Å². The molecular formula is C5H4Cl2O3. The van der Waals surface area contributed by atoms with E-state index in [9.17, 15) is 9.59 Å². The monoisotopic (exact) mass is 182 g/mol. The number of esters is 1. The number of ether oxygens (including phenoxy) is 1. The molecule has 56 valence electrons. The Hall–Kier alpha value is -0.540. The molecule has 10 heavy (non-hydrogen) atoms. The van der Waals surface area contributed by atoms with Crippen molar-refractivity contribution in [3.05, 3.63) is 11.6 Å². The van der Waals surface area contributed by atoms with Crippen LogP contribution in [0.4, 0.5) is 0 Å². The van der Waals surface area contributed by atoms with Gasteiger partial charge in [-0.05, 0) is 11.6 Å². The third-order valence-electron chi connectivity index (χ3n) is 0.520. The van der Waals surface area contributed by atoms with Gasteiger partial charge in [0.25, 0.3) is 0 Å². The molecule has 5 heteroatoms. The summed E-state index contributed by atoms with van der Waals surface area (Å²) in [5.74, 6) is -1.12. The largest absolute Gasteiger partial charge is 0.453 e. The van der Waals surface area contributed by atoms with E-state index in [-0.39, 0.29) is 11.6 Å². The first kappa shape index (κ1) is 9.46. The van der Waals surface area contributed by atoms with Gasteiger partial charge < -0.3 is 4.74 Å². The third-order valence-corrected chi connectivity index (χ3v) is 0.784. The predicted octanol–water partition coefficient (Wildman–Crippen LogP) is 1.05. The highest BCUT2D eigenvalue weighted by Gasteiger charge is 2.10. The first-order chi connectivity index (χ1) is 4.54. The topological polar surface area (TPSA) is 43.4 Å². The second-order valence-electron chi connectivity index (χ2n) is 1.37. The van der Waals surface area contributed by atoms with E-state index < -0.39 is 11.2 Å². The van der Waals surface area contributed by atoms with Crippen molar-refractivity contribution in [3.63, 3.8) is 0 Å². The molecule has 0 fully saturated rings. The molecule has 0 bridgehead atoms. The van der Waals surface area contributed by atoms with Crippen molar-refractivity contribution in [1.29, 1.82) is 0 Å². The molecule has 0 heterocycles. The average molecular weight is 183 g/mol. The number of carbonyl (C=O) groups is 2. The van der Waals surface area contributed by atoms with Crippen LogP contribution in [0.1, 0.15) is 0 Å². The zero-order valence-electron chi connectivity index (χ0n) is 4.89. The van der Waals surface area contributed by atoms with Crippen molar-refractivity contribution in [2.45, 2.75) is 0 Å². The molecule has 0 aliphatic carbocycles. The fraction of sp³-hybridized carbons (Fsp3) is 0.200. The minimum absolute atomic E-state index is 0.131. The predicted molar refractivity (Wildman–Crippen MR) is 36.8 cm³/mol. The maximum absolute atomic E-state index is 10.2. The van der Waals surface area contributed by atoms with Crippen molar-refractivity contribution >= 4 is 34.4 Å². The van der Waals surface area contributed by atoms with E-state index in [1.807, 2.05) is 0 Å². The molecule has 0 unspecified atom stereocenters. The number of rotatable bonds is 3. The lowest BCUT2D eigenvalue weighted by Crippen LogP contribution is -2.12. The number of hydrogen-bond acceptors (Lipinski definition) is 3. The summed E-state index contributed by atoms with van der Waals surface area (Å²) >= 11 is 9.93. The highest BCUT2D eigenvalue weighted by atomic mass is 35.5. The van der Waals surface area contributed by atoms with Crippen LogP contribution in [0, 0.1) is 0 Å². The number of halogens is 2. The summed E-state index contributed by atoms with van der Waals surface area (Å²) in [5.41, 5.74) is 0. The van der Waals surface area contributed by atoms with Crippen molar-refractivity contribution < 1.29 is 14.3 Å². The van der Waals surface area contributed by atoms with E-state index in [2.05, 4.69) is 11.3 Å². The van der Waals surface area contributed by atoms with Crippen LogP contribution in [0.2, 0.25) is 0 Å². The van der Waals surface area contributed by atoms with Crippen LogP contribution in [0.5, 0.6) is 0 Å². The van der Waals surface area contributed by atoms with Crippen LogP contribution in [0.25, 0.3) is 0 Å². The van der Waals surface area contributed by atoms with Crippen molar-refractivity contribution in [1.82, 2.24) is 0 Å². The Balaban J connectivity index is 3.60. The van der Waals surface area contributed by atoms with Crippen LogP contribution >= 0.6 is 23.2 Å². The highest BCUT2D eigenvalue weighted by Crippen LogP contribution is 1.97. The first-order valence-electron chi connectivity index (χ1n) is 2.24. The summed E-state index contributed by atoms with van der Waals surface area (Å²) in [4.78, 5) is 20.2. The Morgan fingerprint density at radius 2 is 1.90 bits per heavy atom. The summed E-state index contributed by atoms with van der Waals surface area (Å²) in [7, 11) is 0. The SMILES string of the molecule is C=C(Cl)COC(=O)C(=O)Cl. The Bertz CT molecular complexity index is 176. The molecule has 3 nitrogen and oxygen atoms in total. The second kappa shape index (κ2) is 4.30. The molecule has 0 aliphatic rings. The van der Waals surface area contributed by atoms with E-state index in [1.165, 1.54) is 0 Å². The van der Waals surface area contributed by atoms with Crippen molar-refractivity contribution in [3.8, 4) is 0 Å². The molecule has 0 saturated heterocycles. The van der Waals surface area contributed by atoms with E-state index >= 15 is 0 Å². The summed E-state index contributed by atoms with van der Waals surface area (Å²) in [6.45, 7) is 3.02. The molecule has 0 spiro atoms. The minimum Gasteiger partial charge on any atom is -0.453 e. The van der Waals surface area contributed by atoms with Gasteiger partial charge in [-0.15, -0.1) is 0 Å². The molecule has 0 aromatic heterocycles. The summed E-state index contributed by atoms with van der Waals surface area (Å²) in [6.07, 6.45) is 0. The highest BCUT2D eigenvalue weighted by molar-refractivity contribution is 6.80. The van der Waals surface area contributed by atoms with Gasteiger partial charge in [0.2, 0.25) is 0 Å². The molecular weight excluding hydrogens is 179 g/mol. The summed E-state index contributed by atoms with van der Waals surface area (Å²) < 4.78 is 4.21. The van der Waals surface area contributed by atoms with Crippen LogP contribution < -0.4 is 0 Å². The molecule has 0 aromatic carbocycles. The van der Waals surface area contributed by atoms with Crippen LogP contribution in [0.3, 0.4) is 0 Å². The van der Waals surface area contributed by atoms with Gasteiger partial charge in [0.05, 0.1) is 0 Å². The quantitative estimate of drug-likeness (QED) is 0.373. The molecule has 0 N–H and O–H groups in total. The Morgan fingerprint density at radius 1 is 1.40 bits per heavy atom. The van der Waals surface area contributed by atoms with Gasteiger partial charge >= 0.3 is 11.2 Å². The average Bonchev–Trinajstić information content (AvgIpc) is 1.82. The Labute approximate surface area is 67.6 Å². The van der Waals surface area contributed by atoms with Gasteiger partial charge in [0, 0.05) is 5.03 Å². The van der Waals surface area contributed by atoms with Gasteiger partial charge in [-0.2, -0.15) is 0 Å². The maximum atomic E-state index is 10.2. The van der Waals surface area contributed by atoms with Gasteiger partial charge in [-0.25, -0.2) is 4.79 Å². The van der Waals surface area contributed by atoms with Crippen LogP contribution in [-0.2, 0) is 14.3 Å². The normalized spacial score (nSPS) is 8.60. The smallest absolute Gasteiger partial charge is 0.391 e. The first-order valence-corrected chi connectivity index (χ1v) is 2.99. The molecule has 0 radical (unpaired) electrons. The maximum Gasteiger partial charge on any atom is 0.391 e. The molecule has 0 amide bonds. The third kappa shape index (κ3) is 4.35. The molecule has 0 saturated carbocycles. The lowest BCUT2D eigenvalue weighted by atomic mass is 10.6. The molecule has 0 atom stereocenters. The zero-order valence-corrected chi connectivity index (χ0v) is 6.41. The zero-order chi connectivity index (χ0) is 8.15. The Kier molecular flexibility index (Phi) is 4.07. The van der Waals surface area contributed by atoms with Crippen molar-refractivity contribution in [2.75, 3.05) is 6.61 Å². The molecule has 0 rings (SSSR count). The van der Waals surface area contributed by atoms with E-state index in [4.69, 9.17) is 23.2 Å². The lowest BCUT2D eigenvalue weighted by molar-refractivity contribution is -0.149. The van der Waals surface area contributed by atoms with E-state index in [0.29, 0.717) is 0 Å². The number of hydrogen-bond donors (Lipinski definition) is 0. The fourth-order valence-corrected chi connectivity index (χ4v) is 0.310. The Morgan fingerprint density at radius 3 is 2.20 bits per heavy atom. The fourth-order valence-electron chi connectivity index (χ4n) is 0.201. The number of carbonyl (C=O) groups excluding carboxylic acids is 2. The molecule has 0 aromatic rings. The van der Waals surface area contributed by atoms with Gasteiger partial charge in [-0.3, -0.25) is 4.79 Å². The second-order valence-corrected chi connectivity index (χ2v) is 2.24. The minimum atomic E-state index is -1.17. The summed E-state index contributed by atoms with van der Waals surface area (Å²) in [5, 5.41) is -1.04.